The maximum atomic E-state index is 10.8. The topological polar surface area (TPSA) is 121 Å². The molecule has 1 aliphatic rings. The molecular formula is C23H22N5NaO4S. The molecule has 0 fully saturated rings. The molecule has 0 spiro atoms. The summed E-state index contributed by atoms with van der Waals surface area (Å²) in [5.74, 6) is 1.08. The molecule has 0 radical (unpaired) electrons. The van der Waals surface area contributed by atoms with Gasteiger partial charge in [0.05, 0.1) is 21.5 Å². The number of hydrogen-bond donors (Lipinski definition) is 0. The third-order valence-electron chi connectivity index (χ3n) is 4.26. The Morgan fingerprint density at radius 3 is 1.44 bits per heavy atom. The Labute approximate surface area is 220 Å². The predicted molar refractivity (Wildman–Crippen MR) is 123 cm³/mol. The molecule has 3 heterocycles. The number of hydrogen-bond acceptors (Lipinski definition) is 9. The van der Waals surface area contributed by atoms with E-state index in [2.05, 4.69) is 19.9 Å². The average molecular weight is 488 g/mol. The third-order valence-corrected chi connectivity index (χ3v) is 5.05. The number of nitrogens with zero attached hydrogens (tertiary/aromatic N) is 5. The van der Waals surface area contributed by atoms with Gasteiger partial charge in [0.15, 0.2) is 11.5 Å². The Bertz CT molecular complexity index is 1090. The van der Waals surface area contributed by atoms with Crippen molar-refractivity contribution in [2.45, 2.75) is 6.42 Å². The van der Waals surface area contributed by atoms with E-state index in [9.17, 15) is 13.0 Å². The molecule has 170 valence electrons. The molecule has 0 amide bonds. The molecule has 11 heteroatoms. The normalized spacial score (nSPS) is 11.0. The van der Waals surface area contributed by atoms with E-state index in [0.717, 1.165) is 22.9 Å². The summed E-state index contributed by atoms with van der Waals surface area (Å²) in [5.41, 5.74) is 1.75. The molecule has 0 N–H and O–H groups in total. The first-order valence-corrected chi connectivity index (χ1v) is 11.6. The van der Waals surface area contributed by atoms with E-state index in [4.69, 9.17) is 4.74 Å². The quantitative estimate of drug-likeness (QED) is 0.304. The molecule has 4 aromatic rings. The minimum Gasteiger partial charge on any atom is -0.748 e. The SMILES string of the molecule is O=S(=O)([O-])CCCN1c2ccccc2Oc2ccccc21.[Na+].c1cnccn1.c1cnccn1. The number of para-hydroxylation sites is 4. The Balaban J connectivity index is 0.000000256. The molecule has 0 bridgehead atoms. The van der Waals surface area contributed by atoms with Crippen LogP contribution in [0.4, 0.5) is 11.4 Å². The van der Waals surface area contributed by atoms with Gasteiger partial charge >= 0.3 is 29.6 Å². The number of anilines is 2. The molecule has 0 atom stereocenters. The van der Waals surface area contributed by atoms with Crippen LogP contribution >= 0.6 is 0 Å². The number of benzene rings is 2. The second-order valence-electron chi connectivity index (χ2n) is 6.59. The Morgan fingerprint density at radius 1 is 0.706 bits per heavy atom. The van der Waals surface area contributed by atoms with E-state index in [-0.39, 0.29) is 41.7 Å². The van der Waals surface area contributed by atoms with Crippen LogP contribution in [0, 0.1) is 0 Å². The van der Waals surface area contributed by atoms with Crippen LogP contribution in [0.5, 0.6) is 11.5 Å². The van der Waals surface area contributed by atoms with E-state index in [1.807, 2.05) is 53.4 Å². The van der Waals surface area contributed by atoms with Crippen molar-refractivity contribution in [1.82, 2.24) is 19.9 Å². The van der Waals surface area contributed by atoms with Gasteiger partial charge < -0.3 is 14.2 Å². The van der Waals surface area contributed by atoms with Crippen LogP contribution in [0.2, 0.25) is 0 Å². The summed E-state index contributed by atoms with van der Waals surface area (Å²) in [7, 11) is -4.19. The van der Waals surface area contributed by atoms with Gasteiger partial charge in [-0.1, -0.05) is 24.3 Å². The molecule has 34 heavy (non-hydrogen) atoms. The van der Waals surface area contributed by atoms with E-state index in [1.54, 1.807) is 49.6 Å². The molecule has 9 nitrogen and oxygen atoms in total. The van der Waals surface area contributed by atoms with E-state index in [0.29, 0.717) is 6.54 Å². The maximum absolute atomic E-state index is 10.8. The fourth-order valence-corrected chi connectivity index (χ4v) is 3.41. The zero-order valence-electron chi connectivity index (χ0n) is 18.6. The van der Waals surface area contributed by atoms with Crippen molar-refractivity contribution in [3.05, 3.63) is 98.1 Å². The van der Waals surface area contributed by atoms with Crippen molar-refractivity contribution in [2.24, 2.45) is 0 Å². The van der Waals surface area contributed by atoms with Crippen LogP contribution in [0.15, 0.2) is 98.1 Å². The summed E-state index contributed by atoms with van der Waals surface area (Å²) in [6.07, 6.45) is 13.4. The zero-order chi connectivity index (χ0) is 23.4. The molecule has 2 aromatic carbocycles. The smallest absolute Gasteiger partial charge is 0.748 e. The van der Waals surface area contributed by atoms with Gasteiger partial charge in [-0.05, 0) is 30.7 Å². The Morgan fingerprint density at radius 2 is 1.09 bits per heavy atom. The zero-order valence-corrected chi connectivity index (χ0v) is 21.5. The average Bonchev–Trinajstić information content (AvgIpc) is 2.86. The summed E-state index contributed by atoms with van der Waals surface area (Å²) in [5, 5.41) is 0. The fourth-order valence-electron chi connectivity index (χ4n) is 2.93. The van der Waals surface area contributed by atoms with Crippen molar-refractivity contribution >= 4 is 21.5 Å². The van der Waals surface area contributed by atoms with E-state index >= 15 is 0 Å². The second kappa shape index (κ2) is 14.4. The van der Waals surface area contributed by atoms with Gasteiger partial charge in [0.2, 0.25) is 0 Å². The van der Waals surface area contributed by atoms with Gasteiger partial charge in [0.25, 0.3) is 0 Å². The Kier molecular flexibility index (Phi) is 11.6. The predicted octanol–water partition coefficient (Wildman–Crippen LogP) is 0.823. The molecule has 2 aromatic heterocycles. The second-order valence-corrected chi connectivity index (χ2v) is 8.12. The van der Waals surface area contributed by atoms with Gasteiger partial charge in [-0.25, -0.2) is 8.42 Å². The van der Waals surface area contributed by atoms with Crippen molar-refractivity contribution < 1.29 is 47.3 Å². The third kappa shape index (κ3) is 9.16. The minimum atomic E-state index is -4.19. The monoisotopic (exact) mass is 487 g/mol. The van der Waals surface area contributed by atoms with Crippen LogP contribution in [0.1, 0.15) is 6.42 Å². The number of rotatable bonds is 4. The first kappa shape index (κ1) is 27.4. The number of ether oxygens (including phenoxy) is 1. The summed E-state index contributed by atoms with van der Waals surface area (Å²) in [6, 6.07) is 15.1. The molecule has 0 saturated heterocycles. The van der Waals surface area contributed by atoms with Gasteiger partial charge in [0, 0.05) is 61.9 Å². The molecule has 5 rings (SSSR count). The van der Waals surface area contributed by atoms with Gasteiger partial charge in [-0.15, -0.1) is 0 Å². The summed E-state index contributed by atoms with van der Waals surface area (Å²) in [6.45, 7) is 0.443. The summed E-state index contributed by atoms with van der Waals surface area (Å²) >= 11 is 0. The van der Waals surface area contributed by atoms with Crippen LogP contribution in [0.25, 0.3) is 0 Å². The molecule has 0 aliphatic carbocycles. The van der Waals surface area contributed by atoms with Crippen molar-refractivity contribution in [3.63, 3.8) is 0 Å². The summed E-state index contributed by atoms with van der Waals surface area (Å²) < 4.78 is 38.1. The van der Waals surface area contributed by atoms with Crippen LogP contribution in [-0.2, 0) is 10.1 Å². The summed E-state index contributed by atoms with van der Waals surface area (Å²) in [4.78, 5) is 16.9. The molecule has 0 saturated carbocycles. The van der Waals surface area contributed by atoms with Crippen LogP contribution in [0.3, 0.4) is 0 Å². The van der Waals surface area contributed by atoms with Crippen LogP contribution in [-0.4, -0.2) is 45.2 Å². The largest absolute Gasteiger partial charge is 1.00 e. The van der Waals surface area contributed by atoms with Crippen molar-refractivity contribution in [2.75, 3.05) is 17.2 Å². The van der Waals surface area contributed by atoms with Gasteiger partial charge in [-0.2, -0.15) is 0 Å². The van der Waals surface area contributed by atoms with Gasteiger partial charge in [0.1, 0.15) is 0 Å². The number of fused-ring (bicyclic) bond motifs is 2. The molecule has 0 unspecified atom stereocenters. The first-order valence-electron chi connectivity index (χ1n) is 10.0. The molecule has 1 aliphatic heterocycles. The standard InChI is InChI=1S/C15H15NO4S.2C4H4N2.Na/c17-21(18,19)11-5-10-16-12-6-1-3-8-14(12)20-15-9-4-2-7-13(15)16;2*1-2-6-4-3-5-1;/h1-4,6-9H,5,10-11H2,(H,17,18,19);2*1-4H;/q;;;+1/p-1. The van der Waals surface area contributed by atoms with Crippen molar-refractivity contribution in [1.29, 1.82) is 0 Å². The first-order chi connectivity index (χ1) is 16.0. The number of aromatic nitrogens is 4. The fraction of sp³-hybridized carbons (Fsp3) is 0.130. The van der Waals surface area contributed by atoms with E-state index in [1.165, 1.54) is 0 Å². The Hall–Kier alpha value is -2.89. The maximum Gasteiger partial charge on any atom is 1.00 e. The van der Waals surface area contributed by atoms with Gasteiger partial charge in [-0.3, -0.25) is 19.9 Å². The molecular weight excluding hydrogens is 465 g/mol. The minimum absolute atomic E-state index is 0. The van der Waals surface area contributed by atoms with E-state index < -0.39 is 10.1 Å². The van der Waals surface area contributed by atoms with Crippen molar-refractivity contribution in [3.8, 4) is 11.5 Å². The van der Waals surface area contributed by atoms with Crippen LogP contribution < -0.4 is 39.2 Å².